The molecule has 4 heteroatoms. The molecule has 0 bridgehead atoms. The Kier molecular flexibility index (Phi) is 14.6. The molecule has 3 atom stereocenters. The molecule has 1 aliphatic carbocycles. The number of carbonyl (C=O) groups is 2. The van der Waals surface area contributed by atoms with E-state index in [1.165, 1.54) is 77.0 Å². The van der Waals surface area contributed by atoms with Gasteiger partial charge in [-0.05, 0) is 32.6 Å². The Morgan fingerprint density at radius 3 is 1.76 bits per heavy atom. The highest BCUT2D eigenvalue weighted by Crippen LogP contribution is 2.27. The number of allylic oxidation sites excluding steroid dienone is 2. The Balaban J connectivity index is 1.98. The lowest BCUT2D eigenvalue weighted by molar-refractivity contribution is -0.161. The van der Waals surface area contributed by atoms with E-state index in [9.17, 15) is 14.7 Å². The van der Waals surface area contributed by atoms with E-state index in [1.807, 2.05) is 19.1 Å². The Morgan fingerprint density at radius 1 is 0.828 bits per heavy atom. The van der Waals surface area contributed by atoms with Crippen LogP contribution in [0, 0.1) is 11.8 Å². The van der Waals surface area contributed by atoms with Crippen LogP contribution in [0.4, 0.5) is 0 Å². The first-order chi connectivity index (χ1) is 14.1. The first kappa shape index (κ1) is 25.7. The van der Waals surface area contributed by atoms with Crippen LogP contribution in [0.25, 0.3) is 0 Å². The van der Waals surface area contributed by atoms with Crippen LogP contribution in [0.3, 0.4) is 0 Å². The molecule has 0 spiro atoms. The highest BCUT2D eigenvalue weighted by molar-refractivity contribution is 5.81. The van der Waals surface area contributed by atoms with Crippen LogP contribution in [-0.2, 0) is 14.3 Å². The van der Waals surface area contributed by atoms with Crippen molar-refractivity contribution in [3.8, 4) is 0 Å². The third kappa shape index (κ3) is 12.1. The van der Waals surface area contributed by atoms with Gasteiger partial charge in [-0.1, -0.05) is 96.1 Å². The van der Waals surface area contributed by atoms with Crippen molar-refractivity contribution >= 4 is 11.9 Å². The number of hydrogen-bond donors (Lipinski definition) is 1. The third-order valence-electron chi connectivity index (χ3n) is 6.08. The lowest BCUT2D eigenvalue weighted by Crippen LogP contribution is -2.33. The first-order valence-electron chi connectivity index (χ1n) is 12.1. The van der Waals surface area contributed by atoms with Gasteiger partial charge in [-0.3, -0.25) is 9.59 Å². The maximum atomic E-state index is 12.3. The molecule has 0 amide bonds. The van der Waals surface area contributed by atoms with Crippen LogP contribution < -0.4 is 0 Å². The number of esters is 1. The number of carboxylic acid groups (broad SMARTS) is 1. The van der Waals surface area contributed by atoms with Gasteiger partial charge in [0, 0.05) is 0 Å². The lowest BCUT2D eigenvalue weighted by atomic mass is 9.83. The van der Waals surface area contributed by atoms with Crippen LogP contribution >= 0.6 is 0 Å². The molecule has 0 heterocycles. The quantitative estimate of drug-likeness (QED) is 0.159. The summed E-state index contributed by atoms with van der Waals surface area (Å²) in [5.41, 5.74) is 0. The Bertz CT molecular complexity index is 471. The number of hydrogen-bond acceptors (Lipinski definition) is 3. The molecule has 0 aliphatic heterocycles. The summed E-state index contributed by atoms with van der Waals surface area (Å²) >= 11 is 0. The van der Waals surface area contributed by atoms with Gasteiger partial charge in [0.25, 0.3) is 0 Å². The van der Waals surface area contributed by atoms with E-state index in [2.05, 4.69) is 6.92 Å². The summed E-state index contributed by atoms with van der Waals surface area (Å²) in [6, 6.07) is 0. The molecule has 168 valence electrons. The molecule has 0 fully saturated rings. The maximum Gasteiger partial charge on any atom is 0.310 e. The first-order valence-corrected chi connectivity index (χ1v) is 12.1. The number of ether oxygens (including phenoxy) is 1. The molecule has 0 aromatic rings. The molecule has 0 saturated heterocycles. The molecular formula is C25H44O4. The minimum absolute atomic E-state index is 0.129. The molecule has 29 heavy (non-hydrogen) atoms. The minimum atomic E-state index is -0.902. The molecule has 0 aromatic heterocycles. The van der Waals surface area contributed by atoms with Crippen LogP contribution in [0.2, 0.25) is 0 Å². The molecule has 1 rings (SSSR count). The van der Waals surface area contributed by atoms with Crippen molar-refractivity contribution in [1.29, 1.82) is 0 Å². The summed E-state index contributed by atoms with van der Waals surface area (Å²) in [6.45, 7) is 4.19. The largest absolute Gasteiger partial charge is 0.481 e. The van der Waals surface area contributed by atoms with Gasteiger partial charge in [0.1, 0.15) is 0 Å². The van der Waals surface area contributed by atoms with Crippen molar-refractivity contribution in [3.63, 3.8) is 0 Å². The van der Waals surface area contributed by atoms with Gasteiger partial charge < -0.3 is 9.84 Å². The second-order valence-electron chi connectivity index (χ2n) is 8.77. The van der Waals surface area contributed by atoms with Gasteiger partial charge in [0.2, 0.25) is 0 Å². The molecule has 4 nitrogen and oxygen atoms in total. The topological polar surface area (TPSA) is 63.6 Å². The Hall–Kier alpha value is -1.32. The van der Waals surface area contributed by atoms with Gasteiger partial charge >= 0.3 is 11.9 Å². The van der Waals surface area contributed by atoms with Gasteiger partial charge in [0.15, 0.2) is 0 Å². The average Bonchev–Trinajstić information content (AvgIpc) is 2.71. The number of carboxylic acids is 1. The van der Waals surface area contributed by atoms with Crippen molar-refractivity contribution < 1.29 is 19.4 Å². The van der Waals surface area contributed by atoms with E-state index < -0.39 is 17.8 Å². The number of carbonyl (C=O) groups excluding carboxylic acids is 1. The van der Waals surface area contributed by atoms with Crippen molar-refractivity contribution in [3.05, 3.63) is 12.2 Å². The second-order valence-corrected chi connectivity index (χ2v) is 8.77. The zero-order chi connectivity index (χ0) is 21.3. The summed E-state index contributed by atoms with van der Waals surface area (Å²) in [6.07, 6.45) is 22.6. The van der Waals surface area contributed by atoms with Gasteiger partial charge in [-0.15, -0.1) is 0 Å². The standard InChI is InChI=1S/C25H44O4/c1-3-4-5-6-7-8-9-10-11-12-13-14-15-18-21(2)29-25(28)23-20-17-16-19-22(23)24(26)27/h16-17,21-23H,3-15,18-20H2,1-2H3,(H,26,27). The van der Waals surface area contributed by atoms with E-state index >= 15 is 0 Å². The van der Waals surface area contributed by atoms with Gasteiger partial charge in [0.05, 0.1) is 17.9 Å². The van der Waals surface area contributed by atoms with Crippen molar-refractivity contribution in [1.82, 2.24) is 0 Å². The number of unbranched alkanes of at least 4 members (excludes halogenated alkanes) is 12. The molecule has 0 aromatic carbocycles. The molecule has 0 radical (unpaired) electrons. The summed E-state index contributed by atoms with van der Waals surface area (Å²) in [5, 5.41) is 9.29. The Labute approximate surface area is 178 Å². The lowest BCUT2D eigenvalue weighted by Gasteiger charge is -2.25. The monoisotopic (exact) mass is 408 g/mol. The predicted molar refractivity (Wildman–Crippen MR) is 119 cm³/mol. The van der Waals surface area contributed by atoms with E-state index in [4.69, 9.17) is 4.74 Å². The fourth-order valence-corrected chi connectivity index (χ4v) is 4.14. The predicted octanol–water partition coefficient (Wildman–Crippen LogP) is 7.07. The highest BCUT2D eigenvalue weighted by Gasteiger charge is 2.35. The number of rotatable bonds is 17. The van der Waals surface area contributed by atoms with Gasteiger partial charge in [-0.25, -0.2) is 0 Å². The summed E-state index contributed by atoms with van der Waals surface area (Å²) in [7, 11) is 0. The third-order valence-corrected chi connectivity index (χ3v) is 6.08. The molecule has 1 N–H and O–H groups in total. The van der Waals surface area contributed by atoms with E-state index in [-0.39, 0.29) is 12.1 Å². The van der Waals surface area contributed by atoms with Crippen LogP contribution in [0.5, 0.6) is 0 Å². The van der Waals surface area contributed by atoms with Crippen LogP contribution in [0.1, 0.15) is 117 Å². The molecule has 3 unspecified atom stereocenters. The molecule has 1 aliphatic rings. The van der Waals surface area contributed by atoms with Crippen molar-refractivity contribution in [2.24, 2.45) is 11.8 Å². The van der Waals surface area contributed by atoms with Crippen molar-refractivity contribution in [2.45, 2.75) is 123 Å². The van der Waals surface area contributed by atoms with E-state index in [0.717, 1.165) is 12.8 Å². The molecular weight excluding hydrogens is 364 g/mol. The summed E-state index contributed by atoms with van der Waals surface area (Å²) < 4.78 is 5.54. The smallest absolute Gasteiger partial charge is 0.310 e. The van der Waals surface area contributed by atoms with Crippen molar-refractivity contribution in [2.75, 3.05) is 0 Å². The highest BCUT2D eigenvalue weighted by atomic mass is 16.5. The van der Waals surface area contributed by atoms with Crippen LogP contribution in [0.15, 0.2) is 12.2 Å². The Morgan fingerprint density at radius 2 is 1.28 bits per heavy atom. The number of aliphatic carboxylic acids is 1. The zero-order valence-electron chi connectivity index (χ0n) is 18.9. The maximum absolute atomic E-state index is 12.3. The average molecular weight is 409 g/mol. The normalized spacial score (nSPS) is 19.8. The van der Waals surface area contributed by atoms with Gasteiger partial charge in [-0.2, -0.15) is 0 Å². The summed E-state index contributed by atoms with van der Waals surface area (Å²) in [5.74, 6) is -2.42. The van der Waals surface area contributed by atoms with E-state index in [0.29, 0.717) is 12.8 Å². The SMILES string of the molecule is CCCCCCCCCCCCCCCC(C)OC(=O)C1CC=CCC1C(=O)O. The van der Waals surface area contributed by atoms with E-state index in [1.54, 1.807) is 0 Å². The summed E-state index contributed by atoms with van der Waals surface area (Å²) in [4.78, 5) is 23.7. The fraction of sp³-hybridized carbons (Fsp3) is 0.840. The fourth-order valence-electron chi connectivity index (χ4n) is 4.14. The van der Waals surface area contributed by atoms with Crippen LogP contribution in [-0.4, -0.2) is 23.1 Å². The minimum Gasteiger partial charge on any atom is -0.481 e. The molecule has 0 saturated carbocycles. The second kappa shape index (κ2) is 16.5. The zero-order valence-corrected chi connectivity index (χ0v) is 18.9.